The van der Waals surface area contributed by atoms with Crippen molar-refractivity contribution in [3.05, 3.63) is 23.3 Å². The highest BCUT2D eigenvalue weighted by molar-refractivity contribution is 5.27. The Morgan fingerprint density at radius 2 is 2.17 bits per heavy atom. The molecule has 2 rings (SSSR count). The number of hydrogen-bond donors (Lipinski definition) is 0. The van der Waals surface area contributed by atoms with Gasteiger partial charge in [0.15, 0.2) is 0 Å². The van der Waals surface area contributed by atoms with E-state index in [0.717, 1.165) is 11.8 Å². The van der Waals surface area contributed by atoms with Crippen LogP contribution in [0.2, 0.25) is 0 Å². The van der Waals surface area contributed by atoms with Crippen LogP contribution in [0.5, 0.6) is 0 Å². The van der Waals surface area contributed by atoms with Crippen LogP contribution in [0.1, 0.15) is 39.5 Å². The summed E-state index contributed by atoms with van der Waals surface area (Å²) in [6.07, 6.45) is 10.4. The minimum absolute atomic E-state index is 0.808. The molecule has 0 spiro atoms. The second-order valence-electron chi connectivity index (χ2n) is 4.36. The molecule has 0 heterocycles. The molecule has 1 fully saturated rings. The maximum Gasteiger partial charge on any atom is -0.00178 e. The Morgan fingerprint density at radius 3 is 3.00 bits per heavy atom. The van der Waals surface area contributed by atoms with Crippen molar-refractivity contribution in [1.29, 1.82) is 0 Å². The summed E-state index contributed by atoms with van der Waals surface area (Å²) < 4.78 is 0. The van der Waals surface area contributed by atoms with Crippen LogP contribution in [0.15, 0.2) is 23.3 Å². The third kappa shape index (κ3) is 1.35. The maximum atomic E-state index is 2.49. The minimum atomic E-state index is 0.808. The van der Waals surface area contributed by atoms with Crippen molar-refractivity contribution in [2.24, 2.45) is 11.8 Å². The van der Waals surface area contributed by atoms with Crippen LogP contribution in [0.4, 0.5) is 0 Å². The van der Waals surface area contributed by atoms with E-state index in [1.807, 2.05) is 0 Å². The predicted octanol–water partition coefficient (Wildman–Crippen LogP) is 3.70. The van der Waals surface area contributed by atoms with E-state index >= 15 is 0 Å². The molecule has 0 aromatic heterocycles. The van der Waals surface area contributed by atoms with Crippen LogP contribution >= 0.6 is 0 Å². The topological polar surface area (TPSA) is 0 Å². The van der Waals surface area contributed by atoms with Gasteiger partial charge in [-0.05, 0) is 38.0 Å². The standard InChI is InChI=1S/C12H18/c1-9-6-7-12-10(2)4-3-5-11(12)8-9/h7-8,10-11H,3-6H2,1-2H3. The third-order valence-corrected chi connectivity index (χ3v) is 3.29. The van der Waals surface area contributed by atoms with Gasteiger partial charge in [0.25, 0.3) is 0 Å². The molecule has 2 aliphatic rings. The average Bonchev–Trinajstić information content (AvgIpc) is 2.04. The summed E-state index contributed by atoms with van der Waals surface area (Å²) in [5.74, 6) is 1.66. The van der Waals surface area contributed by atoms with Gasteiger partial charge in [-0.2, -0.15) is 0 Å². The Labute approximate surface area is 75.4 Å². The van der Waals surface area contributed by atoms with E-state index in [2.05, 4.69) is 26.0 Å². The van der Waals surface area contributed by atoms with Gasteiger partial charge < -0.3 is 0 Å². The predicted molar refractivity (Wildman–Crippen MR) is 53.0 cm³/mol. The molecule has 0 radical (unpaired) electrons. The smallest absolute Gasteiger partial charge is 0.00178 e. The van der Waals surface area contributed by atoms with Gasteiger partial charge in [0.1, 0.15) is 0 Å². The Morgan fingerprint density at radius 1 is 1.33 bits per heavy atom. The Bertz CT molecular complexity index is 232. The summed E-state index contributed by atoms with van der Waals surface area (Å²) in [5.41, 5.74) is 3.30. The molecule has 0 nitrogen and oxygen atoms in total. The van der Waals surface area contributed by atoms with Gasteiger partial charge in [0, 0.05) is 0 Å². The van der Waals surface area contributed by atoms with Gasteiger partial charge in [-0.3, -0.25) is 0 Å². The number of allylic oxidation sites excluding steroid dienone is 4. The molecule has 1 saturated carbocycles. The van der Waals surface area contributed by atoms with Gasteiger partial charge in [-0.1, -0.05) is 36.6 Å². The van der Waals surface area contributed by atoms with Crippen LogP contribution < -0.4 is 0 Å². The molecule has 0 aromatic carbocycles. The van der Waals surface area contributed by atoms with Gasteiger partial charge >= 0.3 is 0 Å². The molecule has 12 heavy (non-hydrogen) atoms. The zero-order valence-electron chi connectivity index (χ0n) is 8.14. The first-order valence-corrected chi connectivity index (χ1v) is 5.14. The molecule has 66 valence electrons. The van der Waals surface area contributed by atoms with Crippen LogP contribution in [0.3, 0.4) is 0 Å². The first kappa shape index (κ1) is 8.10. The molecular formula is C12H18. The largest absolute Gasteiger partial charge is 0.0804 e. The minimum Gasteiger partial charge on any atom is -0.0804 e. The van der Waals surface area contributed by atoms with Gasteiger partial charge in [-0.25, -0.2) is 0 Å². The Hall–Kier alpha value is -0.520. The molecule has 0 heteroatoms. The van der Waals surface area contributed by atoms with E-state index in [9.17, 15) is 0 Å². The molecule has 0 amide bonds. The summed E-state index contributed by atoms with van der Waals surface area (Å²) >= 11 is 0. The highest BCUT2D eigenvalue weighted by atomic mass is 14.3. The van der Waals surface area contributed by atoms with E-state index < -0.39 is 0 Å². The fourth-order valence-corrected chi connectivity index (χ4v) is 2.57. The monoisotopic (exact) mass is 162 g/mol. The highest BCUT2D eigenvalue weighted by Gasteiger charge is 2.24. The second-order valence-corrected chi connectivity index (χ2v) is 4.36. The van der Waals surface area contributed by atoms with E-state index in [0.29, 0.717) is 0 Å². The van der Waals surface area contributed by atoms with Gasteiger partial charge in [0.2, 0.25) is 0 Å². The summed E-state index contributed by atoms with van der Waals surface area (Å²) in [4.78, 5) is 0. The van der Waals surface area contributed by atoms with Crippen molar-refractivity contribution in [2.45, 2.75) is 39.5 Å². The van der Waals surface area contributed by atoms with Crippen molar-refractivity contribution in [1.82, 2.24) is 0 Å². The van der Waals surface area contributed by atoms with Crippen LogP contribution in [0.25, 0.3) is 0 Å². The Kier molecular flexibility index (Phi) is 2.08. The number of rotatable bonds is 0. The molecule has 0 saturated heterocycles. The van der Waals surface area contributed by atoms with Crippen molar-refractivity contribution in [2.75, 3.05) is 0 Å². The van der Waals surface area contributed by atoms with Crippen LogP contribution in [0, 0.1) is 11.8 Å². The first-order valence-electron chi connectivity index (χ1n) is 5.14. The fraction of sp³-hybridized carbons (Fsp3) is 0.667. The number of hydrogen-bond acceptors (Lipinski definition) is 0. The zero-order valence-corrected chi connectivity index (χ0v) is 8.14. The van der Waals surface area contributed by atoms with Crippen molar-refractivity contribution < 1.29 is 0 Å². The lowest BCUT2D eigenvalue weighted by molar-refractivity contribution is 0.422. The van der Waals surface area contributed by atoms with Gasteiger partial charge in [-0.15, -0.1) is 0 Å². The summed E-state index contributed by atoms with van der Waals surface area (Å²) in [6.45, 7) is 4.64. The fourth-order valence-electron chi connectivity index (χ4n) is 2.57. The molecule has 0 aromatic rings. The maximum absolute atomic E-state index is 2.49. The second kappa shape index (κ2) is 3.08. The molecular weight excluding hydrogens is 144 g/mol. The third-order valence-electron chi connectivity index (χ3n) is 3.29. The molecule has 2 aliphatic carbocycles. The van der Waals surface area contributed by atoms with E-state index in [1.54, 1.807) is 11.1 Å². The van der Waals surface area contributed by atoms with E-state index in [1.165, 1.54) is 25.7 Å². The zero-order chi connectivity index (χ0) is 8.55. The molecule has 2 unspecified atom stereocenters. The SMILES string of the molecule is CC1=CC2CCCC(C)C2=CC1. The van der Waals surface area contributed by atoms with Crippen molar-refractivity contribution >= 4 is 0 Å². The van der Waals surface area contributed by atoms with Crippen LogP contribution in [-0.2, 0) is 0 Å². The van der Waals surface area contributed by atoms with Crippen LogP contribution in [-0.4, -0.2) is 0 Å². The lowest BCUT2D eigenvalue weighted by Gasteiger charge is -2.31. The van der Waals surface area contributed by atoms with E-state index in [-0.39, 0.29) is 0 Å². The van der Waals surface area contributed by atoms with E-state index in [4.69, 9.17) is 0 Å². The van der Waals surface area contributed by atoms with Crippen molar-refractivity contribution in [3.8, 4) is 0 Å². The molecule has 2 atom stereocenters. The summed E-state index contributed by atoms with van der Waals surface area (Å²) in [5, 5.41) is 0. The highest BCUT2D eigenvalue weighted by Crippen LogP contribution is 2.38. The van der Waals surface area contributed by atoms with Crippen molar-refractivity contribution in [3.63, 3.8) is 0 Å². The van der Waals surface area contributed by atoms with Gasteiger partial charge in [0.05, 0.1) is 0 Å². The molecule has 0 bridgehead atoms. The summed E-state index contributed by atoms with van der Waals surface area (Å²) in [6, 6.07) is 0. The summed E-state index contributed by atoms with van der Waals surface area (Å²) in [7, 11) is 0. The quantitative estimate of drug-likeness (QED) is 0.476. The first-order chi connectivity index (χ1) is 5.77. The number of fused-ring (bicyclic) bond motifs is 1. The molecule has 0 aliphatic heterocycles. The Balaban J connectivity index is 2.19. The molecule has 0 N–H and O–H groups in total. The average molecular weight is 162 g/mol. The lowest BCUT2D eigenvalue weighted by atomic mass is 9.74. The lowest BCUT2D eigenvalue weighted by Crippen LogP contribution is -2.18. The normalized spacial score (nSPS) is 35.2.